The Bertz CT molecular complexity index is 2930. The molecule has 12 nitrogen and oxygen atoms in total. The molecule has 62 heavy (non-hydrogen) atoms. The van der Waals surface area contributed by atoms with E-state index in [4.69, 9.17) is 0 Å². The number of benzene rings is 4. The molecule has 4 heterocycles. The van der Waals surface area contributed by atoms with Crippen LogP contribution in [0.15, 0.2) is 122 Å². The summed E-state index contributed by atoms with van der Waals surface area (Å²) in [5.74, 6) is -0.350. The highest BCUT2D eigenvalue weighted by atomic mass is 19.4. The third kappa shape index (κ3) is 8.75. The quantitative estimate of drug-likeness (QED) is 0.138. The molecular weight excluding hydrogens is 815 g/mol. The number of aromatic nitrogens is 8. The molecule has 0 bridgehead atoms. The molecule has 10 rings (SSSR count). The fourth-order valence-electron chi connectivity index (χ4n) is 6.99. The van der Waals surface area contributed by atoms with Crippen molar-refractivity contribution in [3.63, 3.8) is 0 Å². The molecule has 0 unspecified atom stereocenters. The van der Waals surface area contributed by atoms with Gasteiger partial charge in [0.05, 0.1) is 39.8 Å². The Balaban J connectivity index is 0.000000158. The van der Waals surface area contributed by atoms with Gasteiger partial charge < -0.3 is 15.2 Å². The van der Waals surface area contributed by atoms with Gasteiger partial charge in [-0.2, -0.15) is 36.5 Å². The molecule has 2 amide bonds. The Labute approximate surface area is 348 Å². The van der Waals surface area contributed by atoms with Crippen molar-refractivity contribution in [2.45, 2.75) is 56.4 Å². The van der Waals surface area contributed by atoms with Crippen LogP contribution in [0.5, 0.6) is 0 Å². The van der Waals surface area contributed by atoms with Crippen LogP contribution in [0, 0.1) is 0 Å². The van der Waals surface area contributed by atoms with E-state index >= 15 is 0 Å². The highest BCUT2D eigenvalue weighted by Gasteiger charge is 2.39. The first kappa shape index (κ1) is 40.1. The summed E-state index contributed by atoms with van der Waals surface area (Å²) in [5.41, 5.74) is 4.83. The largest absolute Gasteiger partial charge is 0.435 e. The van der Waals surface area contributed by atoms with Crippen LogP contribution in [-0.4, -0.2) is 50.9 Å². The van der Waals surface area contributed by atoms with Crippen LogP contribution < -0.4 is 10.6 Å². The zero-order valence-electron chi connectivity index (χ0n) is 32.4. The van der Waals surface area contributed by atoms with Gasteiger partial charge in [0.25, 0.3) is 5.91 Å². The van der Waals surface area contributed by atoms with E-state index in [1.807, 2.05) is 24.3 Å². The van der Waals surface area contributed by atoms with Gasteiger partial charge in [-0.1, -0.05) is 12.1 Å². The van der Waals surface area contributed by atoms with Gasteiger partial charge in [0.1, 0.15) is 6.54 Å². The minimum absolute atomic E-state index is 0.0963. The second-order valence-corrected chi connectivity index (χ2v) is 15.0. The highest BCUT2D eigenvalue weighted by molar-refractivity contribution is 6.05. The monoisotopic (exact) mass is 848 g/mol. The van der Waals surface area contributed by atoms with Crippen molar-refractivity contribution < 1.29 is 35.9 Å². The zero-order chi connectivity index (χ0) is 43.2. The minimum atomic E-state index is -4.49. The molecule has 0 radical (unpaired) electrons. The number of para-hydroxylation sites is 2. The van der Waals surface area contributed by atoms with Gasteiger partial charge in [-0.25, -0.2) is 14.3 Å². The first-order valence-corrected chi connectivity index (χ1v) is 19.5. The number of carbonyl (C=O) groups excluding carboxylic acids is 2. The predicted octanol–water partition coefficient (Wildman–Crippen LogP) is 9.72. The van der Waals surface area contributed by atoms with Crippen molar-refractivity contribution in [1.82, 2.24) is 39.1 Å². The molecule has 4 aromatic carbocycles. The van der Waals surface area contributed by atoms with E-state index in [1.54, 1.807) is 90.0 Å². The van der Waals surface area contributed by atoms with Crippen molar-refractivity contribution in [2.24, 2.45) is 0 Å². The predicted molar refractivity (Wildman–Crippen MR) is 217 cm³/mol. The SMILES string of the molecule is O=C(Cn1cnc2ccccc21)Nc1ccc(-n2nc(C(F)(F)F)cc2C2CC2)cc1.O=C(Nc1ccc(-n2nc(C(F)(F)F)cc2C2CC2)cc1)c1ccc2nccnc2c1. The summed E-state index contributed by atoms with van der Waals surface area (Å²) >= 11 is 0. The Morgan fingerprint density at radius 1 is 0.597 bits per heavy atom. The molecule has 2 N–H and O–H groups in total. The summed E-state index contributed by atoms with van der Waals surface area (Å²) in [6.07, 6.45) is -0.801. The summed E-state index contributed by atoms with van der Waals surface area (Å²) in [7, 11) is 0. The topological polar surface area (TPSA) is 137 Å². The van der Waals surface area contributed by atoms with Crippen LogP contribution >= 0.6 is 0 Å². The number of alkyl halides is 6. The molecule has 2 aliphatic carbocycles. The number of hydrogen-bond acceptors (Lipinski definition) is 7. The van der Waals surface area contributed by atoms with Crippen LogP contribution in [0.25, 0.3) is 33.4 Å². The number of nitrogens with one attached hydrogen (secondary N) is 2. The minimum Gasteiger partial charge on any atom is -0.325 e. The third-order valence-electron chi connectivity index (χ3n) is 10.4. The van der Waals surface area contributed by atoms with Crippen molar-refractivity contribution in [3.05, 3.63) is 150 Å². The van der Waals surface area contributed by atoms with Gasteiger partial charge in [-0.15, -0.1) is 0 Å². The average Bonchev–Trinajstić information content (AvgIpc) is 4.16. The average molecular weight is 849 g/mol. The number of nitrogens with zero attached hydrogens (tertiary/aromatic N) is 8. The van der Waals surface area contributed by atoms with E-state index in [2.05, 4.69) is 35.8 Å². The lowest BCUT2D eigenvalue weighted by Crippen LogP contribution is -2.18. The lowest BCUT2D eigenvalue weighted by Gasteiger charge is -2.10. The zero-order valence-corrected chi connectivity index (χ0v) is 32.4. The molecular formula is C44H34F6N10O2. The molecule has 18 heteroatoms. The van der Waals surface area contributed by atoms with Crippen molar-refractivity contribution >= 4 is 45.3 Å². The first-order valence-electron chi connectivity index (χ1n) is 19.5. The fourth-order valence-corrected chi connectivity index (χ4v) is 6.99. The van der Waals surface area contributed by atoms with E-state index in [9.17, 15) is 35.9 Å². The number of amides is 2. The maximum Gasteiger partial charge on any atom is 0.435 e. The van der Waals surface area contributed by atoms with Gasteiger partial charge in [0.2, 0.25) is 5.91 Å². The van der Waals surface area contributed by atoms with E-state index in [-0.39, 0.29) is 30.2 Å². The first-order chi connectivity index (χ1) is 29.8. The molecule has 2 aliphatic rings. The fraction of sp³-hybridized carbons (Fsp3) is 0.205. The molecule has 314 valence electrons. The van der Waals surface area contributed by atoms with E-state index in [0.29, 0.717) is 50.7 Å². The molecule has 2 fully saturated rings. The molecule has 0 aliphatic heterocycles. The summed E-state index contributed by atoms with van der Waals surface area (Å²) in [6.45, 7) is 0.0994. The standard InChI is InChI=1S/C22H16F3N5O.C22H18F3N5O/c23-22(24,25)20-12-19(13-1-2-13)30(29-20)16-6-4-15(5-7-16)28-21(31)14-3-8-17-18(11-14)27-10-9-26-17;23-22(24,25)20-11-19(14-5-6-14)30(28-20)16-9-7-15(8-10-16)27-21(31)12-29-13-26-17-3-1-2-4-18(17)29/h3-13H,1-2H2,(H,28,31);1-4,7-11,13-14H,5-6,12H2,(H,27,31). The van der Waals surface area contributed by atoms with E-state index in [1.165, 1.54) is 9.36 Å². The van der Waals surface area contributed by atoms with E-state index in [0.717, 1.165) is 48.8 Å². The Morgan fingerprint density at radius 3 is 1.68 bits per heavy atom. The number of fused-ring (bicyclic) bond motifs is 2. The van der Waals surface area contributed by atoms with Gasteiger partial charge in [-0.3, -0.25) is 19.6 Å². The number of rotatable bonds is 9. The van der Waals surface area contributed by atoms with Crippen LogP contribution in [0.3, 0.4) is 0 Å². The molecule has 4 aromatic heterocycles. The van der Waals surface area contributed by atoms with Crippen LogP contribution in [0.2, 0.25) is 0 Å². The molecule has 2 saturated carbocycles. The maximum absolute atomic E-state index is 13.1. The number of halogens is 6. The molecule has 0 spiro atoms. The second kappa shape index (κ2) is 15.9. The Morgan fingerprint density at radius 2 is 1.13 bits per heavy atom. The Hall–Kier alpha value is -7.37. The Kier molecular flexibility index (Phi) is 10.3. The van der Waals surface area contributed by atoms with Crippen molar-refractivity contribution in [2.75, 3.05) is 10.6 Å². The van der Waals surface area contributed by atoms with E-state index < -0.39 is 23.7 Å². The van der Waals surface area contributed by atoms with Crippen LogP contribution in [0.4, 0.5) is 37.7 Å². The van der Waals surface area contributed by atoms with Crippen LogP contribution in [0.1, 0.15) is 70.7 Å². The number of carbonyl (C=O) groups is 2. The van der Waals surface area contributed by atoms with Gasteiger partial charge in [0.15, 0.2) is 11.4 Å². The summed E-state index contributed by atoms with van der Waals surface area (Å²) in [6, 6.07) is 28.0. The van der Waals surface area contributed by atoms with Gasteiger partial charge in [-0.05, 0) is 117 Å². The lowest BCUT2D eigenvalue weighted by molar-refractivity contribution is -0.142. The third-order valence-corrected chi connectivity index (χ3v) is 10.4. The molecule has 8 aromatic rings. The van der Waals surface area contributed by atoms with Crippen molar-refractivity contribution in [3.8, 4) is 11.4 Å². The maximum atomic E-state index is 13.1. The van der Waals surface area contributed by atoms with Crippen molar-refractivity contribution in [1.29, 1.82) is 0 Å². The second-order valence-electron chi connectivity index (χ2n) is 15.0. The lowest BCUT2D eigenvalue weighted by atomic mass is 10.1. The summed E-state index contributed by atoms with van der Waals surface area (Å²) in [5, 5.41) is 13.1. The number of imidazole rings is 1. The van der Waals surface area contributed by atoms with Crippen LogP contribution in [-0.2, 0) is 23.7 Å². The molecule has 0 atom stereocenters. The number of anilines is 2. The smallest absolute Gasteiger partial charge is 0.325 e. The summed E-state index contributed by atoms with van der Waals surface area (Å²) in [4.78, 5) is 37.6. The molecule has 0 saturated heterocycles. The highest BCUT2D eigenvalue weighted by Crippen LogP contribution is 2.44. The number of hydrogen-bond donors (Lipinski definition) is 2. The normalized spacial score (nSPS) is 14.1. The van der Waals surface area contributed by atoms with Gasteiger partial charge in [0, 0.05) is 52.6 Å². The summed E-state index contributed by atoms with van der Waals surface area (Å²) < 4.78 is 83.1. The van der Waals surface area contributed by atoms with Gasteiger partial charge >= 0.3 is 12.4 Å².